The first-order chi connectivity index (χ1) is 17.5. The third-order valence-electron chi connectivity index (χ3n) is 7.51. The van der Waals surface area contributed by atoms with E-state index in [9.17, 15) is 9.59 Å². The number of nitrogens with one attached hydrogen (secondary N) is 3. The molecule has 1 atom stereocenters. The minimum atomic E-state index is -0.118. The average molecular weight is 494 g/mol. The molecule has 1 saturated heterocycles. The molecule has 0 bridgehead atoms. The highest BCUT2D eigenvalue weighted by Crippen LogP contribution is 2.37. The summed E-state index contributed by atoms with van der Waals surface area (Å²) < 4.78 is 5.58. The van der Waals surface area contributed by atoms with E-state index in [1.807, 2.05) is 6.07 Å². The zero-order valence-corrected chi connectivity index (χ0v) is 21.0. The average Bonchev–Trinajstić information content (AvgIpc) is 3.60. The molecule has 1 saturated carbocycles. The van der Waals surface area contributed by atoms with Crippen molar-refractivity contribution in [3.8, 4) is 5.75 Å². The number of benzene rings is 1. The minimum Gasteiger partial charge on any atom is -0.495 e. The van der Waals surface area contributed by atoms with E-state index in [0.717, 1.165) is 43.9 Å². The Morgan fingerprint density at radius 2 is 2.08 bits per heavy atom. The van der Waals surface area contributed by atoms with Gasteiger partial charge in [-0.1, -0.05) is 12.8 Å². The first-order valence-electron chi connectivity index (χ1n) is 12.9. The Morgan fingerprint density at radius 3 is 2.83 bits per heavy atom. The number of carbonyl (C=O) groups excluding carboxylic acids is 2. The van der Waals surface area contributed by atoms with Gasteiger partial charge in [-0.2, -0.15) is 4.98 Å². The summed E-state index contributed by atoms with van der Waals surface area (Å²) in [4.78, 5) is 38.6. The number of methoxy groups -OCH3 is 1. The van der Waals surface area contributed by atoms with Gasteiger partial charge in [-0.05, 0) is 56.5 Å². The fraction of sp³-hybridized carbons (Fsp3) is 0.538. The molecule has 2 amide bonds. The molecular weight excluding hydrogens is 458 g/mol. The van der Waals surface area contributed by atoms with E-state index in [-0.39, 0.29) is 11.8 Å². The standard InChI is InChI=1S/C26H35N7O3/c1-32-21-16-29-26(31-24(21)33(12-10-23(32)34)19-5-3-4-6-19)30-20-8-7-18(13-22(20)36-2)25(35)28-15-17-9-11-27-14-17/h7-8,13,16-17,19,27H,3-6,9-12,14-15H2,1-2H3,(H,28,35)(H,29,30,31)/t17-/m1/s1. The maximum absolute atomic E-state index is 12.7. The second-order valence-corrected chi connectivity index (χ2v) is 9.85. The number of anilines is 4. The number of hydrogen-bond donors (Lipinski definition) is 3. The van der Waals surface area contributed by atoms with E-state index >= 15 is 0 Å². The van der Waals surface area contributed by atoms with Crippen molar-refractivity contribution in [3.05, 3.63) is 30.0 Å². The second kappa shape index (κ2) is 10.7. The van der Waals surface area contributed by atoms with Gasteiger partial charge >= 0.3 is 0 Å². The van der Waals surface area contributed by atoms with Crippen LogP contribution in [0.2, 0.25) is 0 Å². The molecule has 2 aliphatic heterocycles. The third-order valence-corrected chi connectivity index (χ3v) is 7.51. The SMILES string of the molecule is COc1cc(C(=O)NC[C@@H]2CCNC2)ccc1Nc1ncc2c(n1)N(C1CCCC1)CCC(=O)N2C. The monoisotopic (exact) mass is 493 g/mol. The summed E-state index contributed by atoms with van der Waals surface area (Å²) in [6, 6.07) is 5.70. The predicted molar refractivity (Wildman–Crippen MR) is 139 cm³/mol. The number of carbonyl (C=O) groups is 2. The van der Waals surface area contributed by atoms with Crippen molar-refractivity contribution in [1.82, 2.24) is 20.6 Å². The van der Waals surface area contributed by atoms with E-state index in [1.54, 1.807) is 37.4 Å². The topological polar surface area (TPSA) is 112 Å². The van der Waals surface area contributed by atoms with Crippen LogP contribution in [0.1, 0.15) is 48.9 Å². The predicted octanol–water partition coefficient (Wildman–Crippen LogP) is 2.68. The van der Waals surface area contributed by atoms with Crippen molar-refractivity contribution in [3.63, 3.8) is 0 Å². The van der Waals surface area contributed by atoms with Gasteiger partial charge in [0.05, 0.1) is 19.0 Å². The van der Waals surface area contributed by atoms with E-state index in [4.69, 9.17) is 9.72 Å². The highest BCUT2D eigenvalue weighted by Gasteiger charge is 2.31. The number of amides is 2. The fourth-order valence-corrected chi connectivity index (χ4v) is 5.35. The van der Waals surface area contributed by atoms with E-state index in [0.29, 0.717) is 54.4 Å². The maximum atomic E-state index is 12.7. The van der Waals surface area contributed by atoms with Crippen molar-refractivity contribution < 1.29 is 14.3 Å². The number of rotatable bonds is 7. The van der Waals surface area contributed by atoms with Crippen LogP contribution < -0.4 is 30.5 Å². The van der Waals surface area contributed by atoms with Crippen LogP contribution in [0.5, 0.6) is 5.75 Å². The number of nitrogens with zero attached hydrogens (tertiary/aromatic N) is 4. The number of ether oxygens (including phenoxy) is 1. The molecule has 10 heteroatoms. The van der Waals surface area contributed by atoms with Gasteiger partial charge in [0.2, 0.25) is 11.9 Å². The van der Waals surface area contributed by atoms with Gasteiger partial charge in [0.25, 0.3) is 5.91 Å². The molecule has 1 aromatic carbocycles. The lowest BCUT2D eigenvalue weighted by Crippen LogP contribution is -2.34. The van der Waals surface area contributed by atoms with Crippen LogP contribution in [-0.4, -0.2) is 68.2 Å². The van der Waals surface area contributed by atoms with E-state index < -0.39 is 0 Å². The molecule has 3 N–H and O–H groups in total. The lowest BCUT2D eigenvalue weighted by atomic mass is 10.1. The van der Waals surface area contributed by atoms with Gasteiger partial charge in [0.1, 0.15) is 11.4 Å². The van der Waals surface area contributed by atoms with Crippen molar-refractivity contribution in [2.45, 2.75) is 44.6 Å². The molecule has 36 heavy (non-hydrogen) atoms. The Balaban J connectivity index is 1.36. The van der Waals surface area contributed by atoms with E-state index in [2.05, 4.69) is 25.8 Å². The lowest BCUT2D eigenvalue weighted by Gasteiger charge is -2.30. The fourth-order valence-electron chi connectivity index (χ4n) is 5.35. The van der Waals surface area contributed by atoms with Crippen LogP contribution in [0.15, 0.2) is 24.4 Å². The Kier molecular flexibility index (Phi) is 7.22. The van der Waals surface area contributed by atoms with Gasteiger partial charge in [0.15, 0.2) is 5.82 Å². The van der Waals surface area contributed by atoms with Crippen LogP contribution in [0.3, 0.4) is 0 Å². The highest BCUT2D eigenvalue weighted by molar-refractivity contribution is 5.97. The summed E-state index contributed by atoms with van der Waals surface area (Å²) in [6.07, 6.45) is 7.87. The van der Waals surface area contributed by atoms with Crippen molar-refractivity contribution >= 4 is 35.0 Å². The van der Waals surface area contributed by atoms with Gasteiger partial charge < -0.3 is 30.5 Å². The molecule has 0 radical (unpaired) electrons. The minimum absolute atomic E-state index is 0.0702. The van der Waals surface area contributed by atoms with Crippen LogP contribution in [-0.2, 0) is 4.79 Å². The molecule has 192 valence electrons. The summed E-state index contributed by atoms with van der Waals surface area (Å²) in [7, 11) is 3.36. The number of aromatic nitrogens is 2. The number of fused-ring (bicyclic) bond motifs is 1. The molecule has 2 aromatic rings. The molecule has 1 aliphatic carbocycles. The van der Waals surface area contributed by atoms with E-state index in [1.165, 1.54) is 12.8 Å². The van der Waals surface area contributed by atoms with Gasteiger partial charge in [-0.3, -0.25) is 9.59 Å². The van der Waals surface area contributed by atoms with Gasteiger partial charge in [-0.25, -0.2) is 4.98 Å². The first-order valence-corrected chi connectivity index (χ1v) is 12.9. The molecule has 5 rings (SSSR count). The molecule has 1 aromatic heterocycles. The summed E-state index contributed by atoms with van der Waals surface area (Å²) in [5, 5.41) is 9.60. The molecule has 10 nitrogen and oxygen atoms in total. The Labute approximate surface area is 211 Å². The van der Waals surface area contributed by atoms with Crippen LogP contribution >= 0.6 is 0 Å². The van der Waals surface area contributed by atoms with Gasteiger partial charge in [0, 0.05) is 38.2 Å². The third kappa shape index (κ3) is 5.09. The Hall–Kier alpha value is -3.40. The maximum Gasteiger partial charge on any atom is 0.251 e. The number of hydrogen-bond acceptors (Lipinski definition) is 8. The summed E-state index contributed by atoms with van der Waals surface area (Å²) in [5.41, 5.74) is 1.93. The summed E-state index contributed by atoms with van der Waals surface area (Å²) in [5.74, 6) is 2.16. The molecule has 2 fully saturated rings. The lowest BCUT2D eigenvalue weighted by molar-refractivity contribution is -0.118. The molecular formula is C26H35N7O3. The van der Waals surface area contributed by atoms with Crippen LogP contribution in [0, 0.1) is 5.92 Å². The largest absolute Gasteiger partial charge is 0.495 e. The first kappa shape index (κ1) is 24.3. The normalized spacial score (nSPS) is 20.3. The summed E-state index contributed by atoms with van der Waals surface area (Å²) in [6.45, 7) is 3.26. The van der Waals surface area contributed by atoms with Crippen molar-refractivity contribution in [2.24, 2.45) is 5.92 Å². The second-order valence-electron chi connectivity index (χ2n) is 9.85. The highest BCUT2D eigenvalue weighted by atomic mass is 16.5. The van der Waals surface area contributed by atoms with Crippen molar-refractivity contribution in [2.75, 3.05) is 55.5 Å². The quantitative estimate of drug-likeness (QED) is 0.540. The Morgan fingerprint density at radius 1 is 1.25 bits per heavy atom. The zero-order valence-electron chi connectivity index (χ0n) is 21.0. The smallest absolute Gasteiger partial charge is 0.251 e. The molecule has 3 heterocycles. The van der Waals surface area contributed by atoms with Crippen LogP contribution in [0.4, 0.5) is 23.1 Å². The molecule has 0 unspecified atom stereocenters. The van der Waals surface area contributed by atoms with Crippen LogP contribution in [0.25, 0.3) is 0 Å². The Bertz CT molecular complexity index is 1110. The summed E-state index contributed by atoms with van der Waals surface area (Å²) >= 11 is 0. The zero-order chi connectivity index (χ0) is 25.1. The van der Waals surface area contributed by atoms with Gasteiger partial charge in [-0.15, -0.1) is 0 Å². The van der Waals surface area contributed by atoms with Crippen molar-refractivity contribution in [1.29, 1.82) is 0 Å². The molecule has 0 spiro atoms. The molecule has 3 aliphatic rings.